The number of likely N-dealkylation sites (N-methyl/N-ethyl adjacent to an activating group) is 2. The Balaban J connectivity index is 1.63. The van der Waals surface area contributed by atoms with Crippen LogP contribution in [0.4, 0.5) is 0 Å². The van der Waals surface area contributed by atoms with Crippen LogP contribution in [-0.2, 0) is 38.1 Å². The third kappa shape index (κ3) is 14.7. The molecular formula is C36H66N2O8+2. The van der Waals surface area contributed by atoms with Gasteiger partial charge in [-0.1, -0.05) is 54.4 Å². The summed E-state index contributed by atoms with van der Waals surface area (Å²) < 4.78 is 23.3. The first-order chi connectivity index (χ1) is 21.4. The van der Waals surface area contributed by atoms with E-state index in [0.29, 0.717) is 57.6 Å². The zero-order valence-corrected chi connectivity index (χ0v) is 30.7. The summed E-state index contributed by atoms with van der Waals surface area (Å²) >= 11 is 0. The van der Waals surface area contributed by atoms with Gasteiger partial charge in [-0.2, -0.15) is 0 Å². The standard InChI is InChI=1S/C36H66N2O8/c1-25(2)29-13-11-27(5)21-31(29)45-35(41)23-37(7,8)17-19-43-33(39)15-16-34(40)44-20-18-38(9,10)24-36(42)46-32-22-28(6)12-14-30(32)26(3)4/h25-32H,11-24H2,1-10H3/q+2/t27-,28+,29-,30-,31+,32-/m1/s1. The van der Waals surface area contributed by atoms with Gasteiger partial charge < -0.3 is 27.9 Å². The molecule has 266 valence electrons. The molecule has 0 aliphatic heterocycles. The maximum absolute atomic E-state index is 12.8. The molecule has 0 spiro atoms. The molecule has 0 N–H and O–H groups in total. The molecule has 10 heteroatoms. The molecule has 0 radical (unpaired) electrons. The Morgan fingerprint density at radius 1 is 0.587 bits per heavy atom. The van der Waals surface area contributed by atoms with Gasteiger partial charge in [-0.05, 0) is 61.2 Å². The van der Waals surface area contributed by atoms with Crippen molar-refractivity contribution in [2.75, 3.05) is 67.6 Å². The summed E-state index contributed by atoms with van der Waals surface area (Å²) in [6.45, 7) is 14.8. The SMILES string of the molecule is CC(C)[C@H]1CC[C@@H](C)C[C@@H]1OC(=O)C[N+](C)(C)CCOC(=O)CCC(=O)OCC[N+](C)(C)CC(=O)O[C@@H]1C[C@@H](C)CC[C@@H]1C(C)C. The van der Waals surface area contributed by atoms with Gasteiger partial charge in [0, 0.05) is 0 Å². The lowest BCUT2D eigenvalue weighted by Crippen LogP contribution is -2.48. The Hall–Kier alpha value is -2.20. The van der Waals surface area contributed by atoms with Gasteiger partial charge in [-0.15, -0.1) is 0 Å². The van der Waals surface area contributed by atoms with E-state index >= 15 is 0 Å². The Bertz CT molecular complexity index is 916. The van der Waals surface area contributed by atoms with Crippen LogP contribution in [-0.4, -0.2) is 113 Å². The number of quaternary nitrogens is 2. The second-order valence-corrected chi connectivity index (χ2v) is 16.3. The van der Waals surface area contributed by atoms with Crippen LogP contribution in [0.3, 0.4) is 0 Å². The van der Waals surface area contributed by atoms with Gasteiger partial charge >= 0.3 is 23.9 Å². The number of esters is 4. The number of carbonyl (C=O) groups is 4. The van der Waals surface area contributed by atoms with Gasteiger partial charge in [-0.3, -0.25) is 9.59 Å². The highest BCUT2D eigenvalue weighted by Crippen LogP contribution is 2.36. The molecule has 0 aromatic heterocycles. The van der Waals surface area contributed by atoms with Gasteiger partial charge in [0.1, 0.15) is 38.5 Å². The summed E-state index contributed by atoms with van der Waals surface area (Å²) in [5.41, 5.74) is 0. The summed E-state index contributed by atoms with van der Waals surface area (Å²) in [5.74, 6) is 1.44. The minimum Gasteiger partial charge on any atom is -0.460 e. The zero-order chi connectivity index (χ0) is 34.7. The first-order valence-electron chi connectivity index (χ1n) is 17.7. The largest absolute Gasteiger partial charge is 0.460 e. The van der Waals surface area contributed by atoms with Gasteiger partial charge in [-0.25, -0.2) is 9.59 Å². The summed E-state index contributed by atoms with van der Waals surface area (Å²) in [6.07, 6.45) is 6.12. The van der Waals surface area contributed by atoms with E-state index in [9.17, 15) is 19.2 Å². The van der Waals surface area contributed by atoms with Crippen molar-refractivity contribution in [2.45, 2.75) is 105 Å². The molecule has 10 nitrogen and oxygen atoms in total. The predicted molar refractivity (Wildman–Crippen MR) is 177 cm³/mol. The van der Waals surface area contributed by atoms with Crippen molar-refractivity contribution < 1.29 is 47.1 Å². The number of nitrogens with zero attached hydrogens (tertiary/aromatic N) is 2. The molecule has 2 rings (SSSR count). The van der Waals surface area contributed by atoms with E-state index in [1.807, 2.05) is 28.2 Å². The molecule has 0 heterocycles. The Morgan fingerprint density at radius 3 is 1.26 bits per heavy atom. The van der Waals surface area contributed by atoms with Gasteiger partial charge in [0.15, 0.2) is 13.1 Å². The van der Waals surface area contributed by atoms with E-state index < -0.39 is 11.9 Å². The topological polar surface area (TPSA) is 105 Å². The van der Waals surface area contributed by atoms with Gasteiger partial charge in [0.2, 0.25) is 0 Å². The van der Waals surface area contributed by atoms with E-state index in [1.165, 1.54) is 12.8 Å². The van der Waals surface area contributed by atoms with Crippen LogP contribution in [0.25, 0.3) is 0 Å². The summed E-state index contributed by atoms with van der Waals surface area (Å²) in [6, 6.07) is 0. The van der Waals surface area contributed by atoms with Crippen LogP contribution < -0.4 is 0 Å². The van der Waals surface area contributed by atoms with Crippen LogP contribution in [0.15, 0.2) is 0 Å². The first-order valence-corrected chi connectivity index (χ1v) is 17.7. The van der Waals surface area contributed by atoms with Crippen LogP contribution in [0.2, 0.25) is 0 Å². The van der Waals surface area contributed by atoms with E-state index in [4.69, 9.17) is 18.9 Å². The maximum atomic E-state index is 12.8. The number of carbonyl (C=O) groups excluding carboxylic acids is 4. The van der Waals surface area contributed by atoms with E-state index in [1.54, 1.807) is 0 Å². The Kier molecular flexibility index (Phi) is 16.0. The van der Waals surface area contributed by atoms with Crippen LogP contribution in [0.5, 0.6) is 0 Å². The van der Waals surface area contributed by atoms with Crippen molar-refractivity contribution in [1.82, 2.24) is 0 Å². The summed E-state index contributed by atoms with van der Waals surface area (Å²) in [7, 11) is 7.64. The molecule has 0 aromatic carbocycles. The van der Waals surface area contributed by atoms with Crippen LogP contribution in [0.1, 0.15) is 92.9 Å². The average molecular weight is 655 g/mol. The molecule has 2 fully saturated rings. The second kappa shape index (κ2) is 18.4. The molecule has 6 atom stereocenters. The minimum atomic E-state index is -0.480. The molecule has 0 bridgehead atoms. The van der Waals surface area contributed by atoms with E-state index in [-0.39, 0.29) is 63.3 Å². The Morgan fingerprint density at radius 2 is 0.935 bits per heavy atom. The highest BCUT2D eigenvalue weighted by atomic mass is 16.6. The molecule has 0 amide bonds. The maximum Gasteiger partial charge on any atom is 0.362 e. The zero-order valence-electron chi connectivity index (χ0n) is 30.7. The highest BCUT2D eigenvalue weighted by Gasteiger charge is 2.36. The fraction of sp³-hybridized carbons (Fsp3) is 0.889. The molecular weight excluding hydrogens is 588 g/mol. The minimum absolute atomic E-state index is 0.0386. The van der Waals surface area contributed by atoms with Gasteiger partial charge in [0.05, 0.1) is 41.0 Å². The van der Waals surface area contributed by atoms with Gasteiger partial charge in [0.25, 0.3) is 0 Å². The molecule has 2 aliphatic carbocycles. The number of ether oxygens (including phenoxy) is 4. The van der Waals surface area contributed by atoms with E-state index in [2.05, 4.69) is 41.5 Å². The third-order valence-corrected chi connectivity index (χ3v) is 10.1. The lowest BCUT2D eigenvalue weighted by atomic mass is 9.75. The summed E-state index contributed by atoms with van der Waals surface area (Å²) in [5, 5.41) is 0. The van der Waals surface area contributed by atoms with Crippen molar-refractivity contribution in [3.8, 4) is 0 Å². The van der Waals surface area contributed by atoms with Crippen LogP contribution >= 0.6 is 0 Å². The van der Waals surface area contributed by atoms with Crippen molar-refractivity contribution >= 4 is 23.9 Å². The molecule has 0 aromatic rings. The lowest BCUT2D eigenvalue weighted by molar-refractivity contribution is -0.883. The average Bonchev–Trinajstić information content (AvgIpc) is 2.90. The van der Waals surface area contributed by atoms with E-state index in [0.717, 1.165) is 25.7 Å². The molecule has 2 saturated carbocycles. The predicted octanol–water partition coefficient (Wildman–Crippen LogP) is 5.01. The van der Waals surface area contributed by atoms with Crippen molar-refractivity contribution in [3.63, 3.8) is 0 Å². The smallest absolute Gasteiger partial charge is 0.362 e. The number of hydrogen-bond acceptors (Lipinski definition) is 8. The third-order valence-electron chi connectivity index (χ3n) is 10.1. The van der Waals surface area contributed by atoms with Crippen molar-refractivity contribution in [1.29, 1.82) is 0 Å². The molecule has 0 unspecified atom stereocenters. The van der Waals surface area contributed by atoms with Crippen molar-refractivity contribution in [2.24, 2.45) is 35.5 Å². The number of rotatable bonds is 17. The fourth-order valence-corrected chi connectivity index (χ4v) is 6.93. The lowest BCUT2D eigenvalue weighted by Gasteiger charge is -2.37. The fourth-order valence-electron chi connectivity index (χ4n) is 6.93. The quantitative estimate of drug-likeness (QED) is 0.122. The Labute approximate surface area is 279 Å². The monoisotopic (exact) mass is 654 g/mol. The number of hydrogen-bond donors (Lipinski definition) is 0. The van der Waals surface area contributed by atoms with Crippen LogP contribution in [0, 0.1) is 35.5 Å². The molecule has 46 heavy (non-hydrogen) atoms. The highest BCUT2D eigenvalue weighted by molar-refractivity contribution is 5.77. The molecule has 2 aliphatic rings. The second-order valence-electron chi connectivity index (χ2n) is 16.3. The summed E-state index contributed by atoms with van der Waals surface area (Å²) in [4.78, 5) is 50.1. The first kappa shape index (κ1) is 40.0. The van der Waals surface area contributed by atoms with Crippen molar-refractivity contribution in [3.05, 3.63) is 0 Å². The normalized spacial score (nSPS) is 25.7. The molecule has 0 saturated heterocycles.